The van der Waals surface area contributed by atoms with Gasteiger partial charge in [0, 0.05) is 23.8 Å². The largest absolute Gasteiger partial charge is 0.458 e. The van der Waals surface area contributed by atoms with Crippen LogP contribution in [0.25, 0.3) is 0 Å². The second-order valence-electron chi connectivity index (χ2n) is 7.11. The Morgan fingerprint density at radius 2 is 2.24 bits per heavy atom. The molecule has 0 spiro atoms. The van der Waals surface area contributed by atoms with Crippen LogP contribution in [0.5, 0.6) is 0 Å². The molecule has 2 aromatic rings. The van der Waals surface area contributed by atoms with Gasteiger partial charge < -0.3 is 15.0 Å². The first-order valence-electron chi connectivity index (χ1n) is 9.35. The van der Waals surface area contributed by atoms with E-state index in [2.05, 4.69) is 40.7 Å². The summed E-state index contributed by atoms with van der Waals surface area (Å²) < 4.78 is 5.28. The van der Waals surface area contributed by atoms with E-state index in [1.54, 1.807) is 25.4 Å². The number of carbonyl (C=O) groups is 1. The summed E-state index contributed by atoms with van der Waals surface area (Å²) >= 11 is 1.49. The number of ether oxygens (including phenoxy) is 1. The van der Waals surface area contributed by atoms with Crippen LogP contribution in [0.1, 0.15) is 37.8 Å². The molecule has 0 amide bonds. The van der Waals surface area contributed by atoms with E-state index in [0.29, 0.717) is 33.7 Å². The number of pyridine rings is 1. The molecule has 2 aromatic heterocycles. The Kier molecular flexibility index (Phi) is 6.53. The summed E-state index contributed by atoms with van der Waals surface area (Å²) in [7, 11) is 0. The van der Waals surface area contributed by atoms with E-state index in [0.717, 1.165) is 11.3 Å². The first-order valence-corrected chi connectivity index (χ1v) is 10.3. The van der Waals surface area contributed by atoms with E-state index in [1.807, 2.05) is 6.07 Å². The predicted molar refractivity (Wildman–Crippen MR) is 114 cm³/mol. The Labute approximate surface area is 173 Å². The van der Waals surface area contributed by atoms with Gasteiger partial charge in [-0.1, -0.05) is 44.3 Å². The van der Waals surface area contributed by atoms with E-state index in [-0.39, 0.29) is 12.2 Å². The Bertz CT molecular complexity index is 999. The fourth-order valence-corrected chi connectivity index (χ4v) is 3.92. The fraction of sp³-hybridized carbons (Fsp3) is 0.333. The van der Waals surface area contributed by atoms with Crippen molar-refractivity contribution < 1.29 is 9.53 Å². The molecule has 0 aromatic carbocycles. The SMILES string of the molecule is C=CCOC(=O)C1=C(C)Nc2nc(SCC(C)C)[nH]c(=O)c2C1c1cccnc1. The van der Waals surface area contributed by atoms with Crippen molar-refractivity contribution >= 4 is 23.5 Å². The lowest BCUT2D eigenvalue weighted by Gasteiger charge is -2.28. The van der Waals surface area contributed by atoms with Crippen LogP contribution in [0.15, 0.2) is 58.4 Å². The number of esters is 1. The second-order valence-corrected chi connectivity index (χ2v) is 8.12. The standard InChI is InChI=1S/C21H24N4O3S/c1-5-9-28-20(27)15-13(4)23-18-17(16(15)14-7-6-8-22-10-14)19(26)25-21(24-18)29-11-12(2)3/h5-8,10,12,16H,1,9,11H2,2-4H3,(H2,23,24,25,26). The first kappa shape index (κ1) is 20.9. The van der Waals surface area contributed by atoms with Crippen LogP contribution in [0.4, 0.5) is 5.82 Å². The number of nitrogens with zero attached hydrogens (tertiary/aromatic N) is 2. The van der Waals surface area contributed by atoms with Gasteiger partial charge in [-0.05, 0) is 24.5 Å². The fourth-order valence-electron chi connectivity index (χ4n) is 3.11. The quantitative estimate of drug-likeness (QED) is 0.311. The Morgan fingerprint density at radius 3 is 2.90 bits per heavy atom. The molecule has 1 aliphatic heterocycles. The number of thioether (sulfide) groups is 1. The van der Waals surface area contributed by atoms with Crippen LogP contribution in [0.3, 0.4) is 0 Å². The van der Waals surface area contributed by atoms with Crippen molar-refractivity contribution in [3.8, 4) is 0 Å². The van der Waals surface area contributed by atoms with Crippen LogP contribution in [-0.4, -0.2) is 33.3 Å². The van der Waals surface area contributed by atoms with Crippen molar-refractivity contribution in [2.75, 3.05) is 17.7 Å². The minimum absolute atomic E-state index is 0.0849. The van der Waals surface area contributed by atoms with Crippen LogP contribution < -0.4 is 10.9 Å². The molecule has 0 aliphatic carbocycles. The lowest BCUT2D eigenvalue weighted by Crippen LogP contribution is -2.31. The van der Waals surface area contributed by atoms with Gasteiger partial charge in [-0.25, -0.2) is 9.78 Å². The van der Waals surface area contributed by atoms with E-state index >= 15 is 0 Å². The van der Waals surface area contributed by atoms with Crippen molar-refractivity contribution in [1.29, 1.82) is 0 Å². The number of hydrogen-bond donors (Lipinski definition) is 2. The zero-order valence-electron chi connectivity index (χ0n) is 16.7. The smallest absolute Gasteiger partial charge is 0.337 e. The summed E-state index contributed by atoms with van der Waals surface area (Å²) in [5.41, 5.74) is 1.77. The van der Waals surface area contributed by atoms with Crippen molar-refractivity contribution in [1.82, 2.24) is 15.0 Å². The highest BCUT2D eigenvalue weighted by Crippen LogP contribution is 2.39. The molecular formula is C21H24N4O3S. The highest BCUT2D eigenvalue weighted by Gasteiger charge is 2.36. The van der Waals surface area contributed by atoms with E-state index in [4.69, 9.17) is 4.74 Å². The molecule has 29 heavy (non-hydrogen) atoms. The number of aromatic amines is 1. The lowest BCUT2D eigenvalue weighted by atomic mass is 9.83. The Morgan fingerprint density at radius 1 is 1.45 bits per heavy atom. The second kappa shape index (κ2) is 9.09. The molecular weight excluding hydrogens is 388 g/mol. The molecule has 0 bridgehead atoms. The Balaban J connectivity index is 2.12. The third kappa shape index (κ3) is 4.59. The van der Waals surface area contributed by atoms with Gasteiger partial charge in [-0.15, -0.1) is 0 Å². The van der Waals surface area contributed by atoms with Gasteiger partial charge in [-0.3, -0.25) is 9.78 Å². The third-order valence-corrected chi connectivity index (χ3v) is 5.64. The normalized spacial score (nSPS) is 15.7. The maximum Gasteiger partial charge on any atom is 0.337 e. The molecule has 1 aliphatic rings. The number of aromatic nitrogens is 3. The number of fused-ring (bicyclic) bond motifs is 1. The summed E-state index contributed by atoms with van der Waals surface area (Å²) in [6, 6.07) is 3.61. The molecule has 1 unspecified atom stereocenters. The van der Waals surface area contributed by atoms with Gasteiger partial charge >= 0.3 is 5.97 Å². The lowest BCUT2D eigenvalue weighted by molar-refractivity contribution is -0.138. The van der Waals surface area contributed by atoms with Crippen LogP contribution in [-0.2, 0) is 9.53 Å². The van der Waals surface area contributed by atoms with Crippen molar-refractivity contribution in [2.45, 2.75) is 31.8 Å². The molecule has 0 saturated heterocycles. The average molecular weight is 413 g/mol. The molecule has 0 radical (unpaired) electrons. The van der Waals surface area contributed by atoms with Gasteiger partial charge in [0.15, 0.2) is 5.16 Å². The van der Waals surface area contributed by atoms with E-state index in [1.165, 1.54) is 17.8 Å². The third-order valence-electron chi connectivity index (χ3n) is 4.34. The topological polar surface area (TPSA) is 97.0 Å². The van der Waals surface area contributed by atoms with E-state index < -0.39 is 11.9 Å². The number of hydrogen-bond acceptors (Lipinski definition) is 7. The number of anilines is 1. The number of nitrogens with one attached hydrogen (secondary N) is 2. The minimum Gasteiger partial charge on any atom is -0.458 e. The van der Waals surface area contributed by atoms with Gasteiger partial charge in [0.2, 0.25) is 0 Å². The monoisotopic (exact) mass is 412 g/mol. The molecule has 152 valence electrons. The predicted octanol–water partition coefficient (Wildman–Crippen LogP) is 3.47. The maximum atomic E-state index is 13.0. The zero-order valence-corrected chi connectivity index (χ0v) is 17.5. The van der Waals surface area contributed by atoms with Crippen LogP contribution in [0, 0.1) is 5.92 Å². The molecule has 7 nitrogen and oxygen atoms in total. The molecule has 1 atom stereocenters. The summed E-state index contributed by atoms with van der Waals surface area (Å²) in [5, 5.41) is 3.67. The molecule has 0 saturated carbocycles. The highest BCUT2D eigenvalue weighted by molar-refractivity contribution is 7.99. The summed E-state index contributed by atoms with van der Waals surface area (Å²) in [6.07, 6.45) is 4.80. The number of H-pyrrole nitrogens is 1. The number of allylic oxidation sites excluding steroid dienone is 1. The summed E-state index contributed by atoms with van der Waals surface area (Å²) in [5.74, 6) is 0.614. The van der Waals surface area contributed by atoms with Gasteiger partial charge in [0.05, 0.1) is 17.1 Å². The maximum absolute atomic E-state index is 13.0. The minimum atomic E-state index is -0.627. The van der Waals surface area contributed by atoms with Gasteiger partial charge in [0.1, 0.15) is 12.4 Å². The summed E-state index contributed by atoms with van der Waals surface area (Å²) in [4.78, 5) is 37.4. The van der Waals surface area contributed by atoms with Crippen LogP contribution in [0.2, 0.25) is 0 Å². The Hall–Kier alpha value is -2.87. The van der Waals surface area contributed by atoms with Crippen molar-refractivity contribution in [2.24, 2.45) is 5.92 Å². The summed E-state index contributed by atoms with van der Waals surface area (Å²) in [6.45, 7) is 9.65. The zero-order chi connectivity index (χ0) is 21.0. The number of carbonyl (C=O) groups excluding carboxylic acids is 1. The number of rotatable bonds is 7. The highest BCUT2D eigenvalue weighted by atomic mass is 32.2. The molecule has 0 fully saturated rings. The van der Waals surface area contributed by atoms with Crippen LogP contribution >= 0.6 is 11.8 Å². The van der Waals surface area contributed by atoms with Crippen molar-refractivity contribution in [3.05, 3.63) is 69.9 Å². The first-order chi connectivity index (χ1) is 13.9. The molecule has 2 N–H and O–H groups in total. The van der Waals surface area contributed by atoms with Crippen molar-refractivity contribution in [3.63, 3.8) is 0 Å². The molecule has 3 heterocycles. The molecule has 8 heteroatoms. The van der Waals surface area contributed by atoms with E-state index in [9.17, 15) is 9.59 Å². The average Bonchev–Trinajstić information content (AvgIpc) is 2.70. The van der Waals surface area contributed by atoms with Gasteiger partial charge in [-0.2, -0.15) is 0 Å². The van der Waals surface area contributed by atoms with Gasteiger partial charge in [0.25, 0.3) is 5.56 Å². The molecule has 3 rings (SSSR count).